The van der Waals surface area contributed by atoms with Crippen molar-refractivity contribution in [3.05, 3.63) is 11.6 Å². The molecule has 0 radical (unpaired) electrons. The molecule has 4 saturated carbocycles. The second kappa shape index (κ2) is 10.7. The largest absolute Gasteiger partial charge is 0.460 e. The van der Waals surface area contributed by atoms with E-state index in [9.17, 15) is 38.7 Å². The van der Waals surface area contributed by atoms with Crippen molar-refractivity contribution in [3.63, 3.8) is 0 Å². The van der Waals surface area contributed by atoms with Crippen LogP contribution in [0.2, 0.25) is 0 Å². The van der Waals surface area contributed by atoms with Gasteiger partial charge in [0, 0.05) is 68.1 Å². The first-order valence-electron chi connectivity index (χ1n) is 17.2. The van der Waals surface area contributed by atoms with Gasteiger partial charge in [-0.25, -0.2) is 4.79 Å². The molecular formula is C36H44O14. The number of Topliss-reactive ketones (excluding diaryl/α,β-unsaturated/α-hetero) is 1. The molecule has 2 aliphatic heterocycles. The highest BCUT2D eigenvalue weighted by molar-refractivity contribution is 6.03. The van der Waals surface area contributed by atoms with Crippen molar-refractivity contribution < 1.29 is 67.1 Å². The molecule has 7 rings (SSSR count). The minimum atomic E-state index is -2.27. The Morgan fingerprint density at radius 1 is 0.780 bits per heavy atom. The van der Waals surface area contributed by atoms with Crippen molar-refractivity contribution in [2.75, 3.05) is 0 Å². The lowest BCUT2D eigenvalue weighted by Gasteiger charge is -2.65. The van der Waals surface area contributed by atoms with Gasteiger partial charge in [-0.2, -0.15) is 0 Å². The Morgan fingerprint density at radius 2 is 1.36 bits per heavy atom. The average Bonchev–Trinajstić information content (AvgIpc) is 3.71. The van der Waals surface area contributed by atoms with Crippen LogP contribution >= 0.6 is 0 Å². The average molecular weight is 701 g/mol. The molecule has 1 N–H and O–H groups in total. The molecule has 0 amide bonds. The zero-order valence-corrected chi connectivity index (χ0v) is 29.5. The summed E-state index contributed by atoms with van der Waals surface area (Å²) in [4.78, 5) is 94.4. The highest BCUT2D eigenvalue weighted by Gasteiger charge is 2.84. The lowest BCUT2D eigenvalue weighted by Crippen LogP contribution is -2.75. The fraction of sp³-hybridized carbons (Fsp3) is 0.750. The first kappa shape index (κ1) is 34.8. The molecule has 6 fully saturated rings. The van der Waals surface area contributed by atoms with Crippen molar-refractivity contribution in [3.8, 4) is 0 Å². The third-order valence-electron chi connectivity index (χ3n) is 13.9. The van der Waals surface area contributed by atoms with Crippen LogP contribution in [-0.2, 0) is 62.0 Å². The summed E-state index contributed by atoms with van der Waals surface area (Å²) in [6, 6.07) is 0. The van der Waals surface area contributed by atoms with E-state index >= 15 is 0 Å². The summed E-state index contributed by atoms with van der Waals surface area (Å²) in [5, 5.41) is 11.7. The Morgan fingerprint density at radius 3 is 1.94 bits per heavy atom. The van der Waals surface area contributed by atoms with Crippen LogP contribution in [0.25, 0.3) is 0 Å². The maximum absolute atomic E-state index is 14.9. The second-order valence-corrected chi connectivity index (χ2v) is 16.3. The molecule has 0 aromatic carbocycles. The van der Waals surface area contributed by atoms with E-state index in [1.54, 1.807) is 20.8 Å². The van der Waals surface area contributed by atoms with Gasteiger partial charge in [0.25, 0.3) is 0 Å². The molecule has 0 bridgehead atoms. The fourth-order valence-electron chi connectivity index (χ4n) is 12.0. The number of hydrogen-bond donors (Lipinski definition) is 1. The van der Waals surface area contributed by atoms with Crippen LogP contribution in [0.1, 0.15) is 68.7 Å². The number of epoxide rings is 1. The standard InChI is InChI=1S/C36H44O14/c1-12-10-19(41)35(8)24-21(12)34(7)22(28(24)50-32(43)36(35,9)44)20-23(29(46-14(3)38)31(34)48-16(5)40)33(6)17(25(42)27(20)45-13(2)37)11-18-26(49-18)30(33)47-15(4)39/h10,17-18,20-24,26-31,44H,11H2,1-9H3. The summed E-state index contributed by atoms with van der Waals surface area (Å²) >= 11 is 0. The lowest BCUT2D eigenvalue weighted by molar-refractivity contribution is -0.274. The summed E-state index contributed by atoms with van der Waals surface area (Å²) < 4.78 is 36.4. The van der Waals surface area contributed by atoms with Gasteiger partial charge in [0.15, 0.2) is 23.3 Å². The predicted molar refractivity (Wildman–Crippen MR) is 165 cm³/mol. The van der Waals surface area contributed by atoms with E-state index in [1.807, 2.05) is 0 Å². The van der Waals surface area contributed by atoms with Crippen LogP contribution in [0.15, 0.2) is 11.6 Å². The second-order valence-electron chi connectivity index (χ2n) is 16.3. The van der Waals surface area contributed by atoms with E-state index < -0.39 is 141 Å². The molecule has 5 aliphatic carbocycles. The Balaban J connectivity index is 1.56. The maximum atomic E-state index is 14.9. The van der Waals surface area contributed by atoms with Gasteiger partial charge < -0.3 is 33.5 Å². The summed E-state index contributed by atoms with van der Waals surface area (Å²) in [5.74, 6) is -10.5. The fourth-order valence-corrected chi connectivity index (χ4v) is 12.0. The van der Waals surface area contributed by atoms with Crippen LogP contribution < -0.4 is 0 Å². The van der Waals surface area contributed by atoms with Gasteiger partial charge in [-0.3, -0.25) is 28.8 Å². The van der Waals surface area contributed by atoms with E-state index in [0.717, 1.165) is 0 Å². The van der Waals surface area contributed by atoms with Gasteiger partial charge in [0.1, 0.15) is 30.5 Å². The van der Waals surface area contributed by atoms with E-state index in [2.05, 4.69) is 0 Å². The molecule has 2 saturated heterocycles. The molecule has 7 aliphatic rings. The summed E-state index contributed by atoms with van der Waals surface area (Å²) in [5.41, 5.74) is -6.14. The number of fused-ring (bicyclic) bond motifs is 8. The van der Waals surface area contributed by atoms with Crippen molar-refractivity contribution >= 4 is 41.4 Å². The van der Waals surface area contributed by atoms with E-state index in [0.29, 0.717) is 5.57 Å². The van der Waals surface area contributed by atoms with Crippen LogP contribution in [0.3, 0.4) is 0 Å². The molecule has 2 heterocycles. The van der Waals surface area contributed by atoms with E-state index in [4.69, 9.17) is 28.4 Å². The lowest BCUT2D eigenvalue weighted by atomic mass is 9.41. The number of ether oxygens (including phenoxy) is 6. The Bertz CT molecular complexity index is 1660. The zero-order chi connectivity index (χ0) is 36.8. The van der Waals surface area contributed by atoms with Crippen LogP contribution in [0.5, 0.6) is 0 Å². The van der Waals surface area contributed by atoms with Crippen LogP contribution in [-0.4, -0.2) is 94.8 Å². The maximum Gasteiger partial charge on any atom is 0.339 e. The highest BCUT2D eigenvalue weighted by Crippen LogP contribution is 2.75. The van der Waals surface area contributed by atoms with Crippen molar-refractivity contribution in [2.45, 2.75) is 117 Å². The number of allylic oxidation sites excluding steroid dienone is 2. The van der Waals surface area contributed by atoms with Gasteiger partial charge >= 0.3 is 29.8 Å². The van der Waals surface area contributed by atoms with Crippen molar-refractivity contribution in [1.82, 2.24) is 0 Å². The Kier molecular flexibility index (Phi) is 7.44. The van der Waals surface area contributed by atoms with E-state index in [-0.39, 0.29) is 6.42 Å². The Hall–Kier alpha value is -3.65. The van der Waals surface area contributed by atoms with Gasteiger partial charge in [0.2, 0.25) is 0 Å². The molecule has 17 unspecified atom stereocenters. The summed E-state index contributed by atoms with van der Waals surface area (Å²) in [7, 11) is 0. The summed E-state index contributed by atoms with van der Waals surface area (Å²) in [6.45, 7) is 12.8. The molecule has 14 heteroatoms. The van der Waals surface area contributed by atoms with Gasteiger partial charge in [0.05, 0.1) is 11.5 Å². The number of carbonyl (C=O) groups is 7. The minimum Gasteiger partial charge on any atom is -0.460 e. The van der Waals surface area contributed by atoms with Crippen molar-refractivity contribution in [2.24, 2.45) is 51.8 Å². The SMILES string of the molecule is CC(=O)OC1C(=O)C2CC3OC3C(OC(C)=O)C2(C)C2C(OC(C)=O)C(OC(C)=O)C3(C)C4C(C)=CC(=O)C5(C)C4C(OC(=O)C5(C)O)C3C12. The normalized spacial score (nSPS) is 50.9. The quantitative estimate of drug-likeness (QED) is 0.251. The van der Waals surface area contributed by atoms with Crippen LogP contribution in [0.4, 0.5) is 0 Å². The molecule has 0 spiro atoms. The smallest absolute Gasteiger partial charge is 0.339 e. The zero-order valence-electron chi connectivity index (χ0n) is 29.5. The number of ketones is 2. The third kappa shape index (κ3) is 4.17. The number of carbonyl (C=O) groups excluding carboxylic acids is 7. The van der Waals surface area contributed by atoms with Crippen molar-refractivity contribution in [1.29, 1.82) is 0 Å². The molecule has 17 atom stereocenters. The molecule has 50 heavy (non-hydrogen) atoms. The number of rotatable bonds is 4. The first-order valence-corrected chi connectivity index (χ1v) is 17.2. The molecule has 0 aromatic heterocycles. The first-order chi connectivity index (χ1) is 23.1. The molecular weight excluding hydrogens is 656 g/mol. The van der Waals surface area contributed by atoms with Gasteiger partial charge in [-0.05, 0) is 39.2 Å². The predicted octanol–water partition coefficient (Wildman–Crippen LogP) is 1.42. The minimum absolute atomic E-state index is 0.201. The third-order valence-corrected chi connectivity index (χ3v) is 13.9. The monoisotopic (exact) mass is 700 g/mol. The molecule has 272 valence electrons. The highest BCUT2D eigenvalue weighted by atomic mass is 16.6. The van der Waals surface area contributed by atoms with Gasteiger partial charge in [-0.1, -0.05) is 19.4 Å². The van der Waals surface area contributed by atoms with Gasteiger partial charge in [-0.15, -0.1) is 0 Å². The molecule has 0 aromatic rings. The Labute approximate surface area is 288 Å². The van der Waals surface area contributed by atoms with Crippen LogP contribution in [0, 0.1) is 51.8 Å². The topological polar surface area (TPSA) is 198 Å². The number of hydrogen-bond acceptors (Lipinski definition) is 14. The molecule has 14 nitrogen and oxygen atoms in total. The number of aliphatic hydroxyl groups is 1. The summed E-state index contributed by atoms with van der Waals surface area (Å²) in [6.07, 6.45) is -5.64. The van der Waals surface area contributed by atoms with E-state index in [1.165, 1.54) is 47.6 Å². The number of esters is 5.